The summed E-state index contributed by atoms with van der Waals surface area (Å²) in [7, 11) is -3.17. The third kappa shape index (κ3) is 6.28. The van der Waals surface area contributed by atoms with E-state index in [1.54, 1.807) is 13.8 Å². The van der Waals surface area contributed by atoms with E-state index in [0.717, 1.165) is 5.57 Å². The Labute approximate surface area is 141 Å². The SMILES string of the molecule is CCOP(=O)(C=C=C(C)/C=C/C1=C(C)CCCC1(C)C)OCC. The molecule has 130 valence electrons. The van der Waals surface area contributed by atoms with Gasteiger partial charge in [0.25, 0.3) is 0 Å². The van der Waals surface area contributed by atoms with Gasteiger partial charge in [0.15, 0.2) is 0 Å². The van der Waals surface area contributed by atoms with Gasteiger partial charge in [-0.1, -0.05) is 31.6 Å². The van der Waals surface area contributed by atoms with E-state index in [2.05, 4.69) is 32.6 Å². The molecule has 0 saturated carbocycles. The van der Waals surface area contributed by atoms with Crippen molar-refractivity contribution in [1.82, 2.24) is 0 Å². The van der Waals surface area contributed by atoms with Crippen LogP contribution in [0.15, 0.2) is 40.4 Å². The van der Waals surface area contributed by atoms with Crippen molar-refractivity contribution in [3.05, 3.63) is 40.4 Å². The molecular formula is C19H31O3P. The van der Waals surface area contributed by atoms with Crippen LogP contribution >= 0.6 is 7.60 Å². The number of hydrogen-bond donors (Lipinski definition) is 0. The van der Waals surface area contributed by atoms with Crippen molar-refractivity contribution >= 4 is 7.60 Å². The maximum absolute atomic E-state index is 12.4. The highest BCUT2D eigenvalue weighted by Crippen LogP contribution is 2.49. The molecule has 0 unspecified atom stereocenters. The smallest absolute Gasteiger partial charge is 0.305 e. The molecule has 0 saturated heterocycles. The van der Waals surface area contributed by atoms with Crippen molar-refractivity contribution in [2.75, 3.05) is 13.2 Å². The fourth-order valence-corrected chi connectivity index (χ4v) is 4.22. The van der Waals surface area contributed by atoms with E-state index in [1.807, 2.05) is 13.0 Å². The highest BCUT2D eigenvalue weighted by molar-refractivity contribution is 7.57. The lowest BCUT2D eigenvalue weighted by Crippen LogP contribution is -2.19. The van der Waals surface area contributed by atoms with Crippen LogP contribution in [0.2, 0.25) is 0 Å². The summed E-state index contributed by atoms with van der Waals surface area (Å²) in [5.74, 6) is 1.44. The lowest BCUT2D eigenvalue weighted by atomic mass is 9.72. The van der Waals surface area contributed by atoms with Gasteiger partial charge in [-0.25, -0.2) is 0 Å². The molecule has 0 N–H and O–H groups in total. The van der Waals surface area contributed by atoms with Crippen LogP contribution in [0.5, 0.6) is 0 Å². The summed E-state index contributed by atoms with van der Waals surface area (Å²) in [5, 5.41) is 0. The molecule has 3 nitrogen and oxygen atoms in total. The summed E-state index contributed by atoms with van der Waals surface area (Å²) in [4.78, 5) is 0. The highest BCUT2D eigenvalue weighted by atomic mass is 31.2. The first kappa shape index (κ1) is 20.2. The lowest BCUT2D eigenvalue weighted by molar-refractivity contribution is 0.229. The predicted octanol–water partition coefficient (Wildman–Crippen LogP) is 6.39. The predicted molar refractivity (Wildman–Crippen MR) is 97.6 cm³/mol. The number of rotatable bonds is 7. The molecule has 1 aliphatic rings. The summed E-state index contributed by atoms with van der Waals surface area (Å²) in [5.41, 5.74) is 7.04. The fourth-order valence-electron chi connectivity index (χ4n) is 2.92. The molecule has 0 radical (unpaired) electrons. The van der Waals surface area contributed by atoms with Crippen LogP contribution in [0.1, 0.15) is 60.8 Å². The van der Waals surface area contributed by atoms with Gasteiger partial charge in [0.2, 0.25) is 0 Å². The van der Waals surface area contributed by atoms with Crippen LogP contribution in [-0.2, 0) is 13.6 Å². The standard InChI is InChI=1S/C19H31O3P/c1-7-21-23(20,22-8-2)15-13-16(3)11-12-18-17(4)10-9-14-19(18,5)6/h11-12,15H,7-10,14H2,1-6H3/b12-11+. The van der Waals surface area contributed by atoms with Crippen LogP contribution in [-0.4, -0.2) is 13.2 Å². The lowest BCUT2D eigenvalue weighted by Gasteiger charge is -2.32. The molecule has 0 amide bonds. The summed E-state index contributed by atoms with van der Waals surface area (Å²) in [6.07, 6.45) is 7.86. The zero-order valence-electron chi connectivity index (χ0n) is 15.4. The first-order valence-corrected chi connectivity index (χ1v) is 10.1. The zero-order chi connectivity index (χ0) is 17.5. The van der Waals surface area contributed by atoms with Gasteiger partial charge in [0.1, 0.15) is 0 Å². The average molecular weight is 338 g/mol. The minimum Gasteiger partial charge on any atom is -0.305 e. The first-order valence-electron chi connectivity index (χ1n) is 8.45. The Hall–Kier alpha value is -0.850. The largest absolute Gasteiger partial charge is 0.361 e. The molecular weight excluding hydrogens is 307 g/mol. The van der Waals surface area contributed by atoms with Gasteiger partial charge in [-0.2, -0.15) is 0 Å². The monoisotopic (exact) mass is 338 g/mol. The van der Waals surface area contributed by atoms with Crippen LogP contribution < -0.4 is 0 Å². The Kier molecular flexibility index (Phi) is 7.77. The minimum atomic E-state index is -3.17. The zero-order valence-corrected chi connectivity index (χ0v) is 16.3. The summed E-state index contributed by atoms with van der Waals surface area (Å²) in [6.45, 7) is 13.1. The number of hydrogen-bond acceptors (Lipinski definition) is 3. The molecule has 0 aromatic rings. The van der Waals surface area contributed by atoms with Crippen molar-refractivity contribution in [2.24, 2.45) is 5.41 Å². The van der Waals surface area contributed by atoms with Gasteiger partial charge in [0.05, 0.1) is 19.0 Å². The number of allylic oxidation sites excluding steroid dienone is 5. The Morgan fingerprint density at radius 1 is 1.30 bits per heavy atom. The normalized spacial score (nSPS) is 18.2. The van der Waals surface area contributed by atoms with E-state index >= 15 is 0 Å². The van der Waals surface area contributed by atoms with Gasteiger partial charge in [-0.15, -0.1) is 5.73 Å². The van der Waals surface area contributed by atoms with Gasteiger partial charge >= 0.3 is 7.60 Å². The molecule has 0 spiro atoms. The van der Waals surface area contributed by atoms with E-state index in [1.165, 1.54) is 36.2 Å². The van der Waals surface area contributed by atoms with E-state index < -0.39 is 7.60 Å². The van der Waals surface area contributed by atoms with Crippen molar-refractivity contribution in [3.8, 4) is 0 Å². The molecule has 0 bridgehead atoms. The molecule has 4 heteroatoms. The summed E-state index contributed by atoms with van der Waals surface area (Å²) < 4.78 is 22.8. The second-order valence-corrected chi connectivity index (χ2v) is 8.45. The second kappa shape index (κ2) is 8.85. The van der Waals surface area contributed by atoms with Crippen molar-refractivity contribution in [3.63, 3.8) is 0 Å². The molecule has 0 aliphatic heterocycles. The van der Waals surface area contributed by atoms with Gasteiger partial charge < -0.3 is 9.05 Å². The molecule has 0 fully saturated rings. The Bertz CT molecular complexity index is 565. The molecule has 0 heterocycles. The maximum atomic E-state index is 12.4. The molecule has 0 aromatic heterocycles. The molecule has 1 rings (SSSR count). The fraction of sp³-hybridized carbons (Fsp3) is 0.632. The third-order valence-corrected chi connectivity index (χ3v) is 5.79. The van der Waals surface area contributed by atoms with Crippen molar-refractivity contribution < 1.29 is 13.6 Å². The van der Waals surface area contributed by atoms with E-state index in [-0.39, 0.29) is 5.41 Å². The van der Waals surface area contributed by atoms with Gasteiger partial charge in [-0.3, -0.25) is 4.57 Å². The minimum absolute atomic E-state index is 0.217. The molecule has 0 aromatic carbocycles. The Morgan fingerprint density at radius 3 is 2.43 bits per heavy atom. The average Bonchev–Trinajstić information content (AvgIpc) is 2.44. The second-order valence-electron chi connectivity index (χ2n) is 6.60. The maximum Gasteiger partial charge on any atom is 0.361 e. The Balaban J connectivity index is 2.99. The topological polar surface area (TPSA) is 35.5 Å². The quantitative estimate of drug-likeness (QED) is 0.306. The van der Waals surface area contributed by atoms with Crippen LogP contribution in [0, 0.1) is 5.41 Å². The first-order chi connectivity index (χ1) is 10.7. The van der Waals surface area contributed by atoms with Crippen molar-refractivity contribution in [1.29, 1.82) is 0 Å². The van der Waals surface area contributed by atoms with E-state index in [0.29, 0.717) is 13.2 Å². The van der Waals surface area contributed by atoms with Crippen molar-refractivity contribution in [2.45, 2.75) is 60.8 Å². The van der Waals surface area contributed by atoms with E-state index in [9.17, 15) is 4.57 Å². The van der Waals surface area contributed by atoms with Gasteiger partial charge in [-0.05, 0) is 63.5 Å². The summed E-state index contributed by atoms with van der Waals surface area (Å²) in [6, 6.07) is 0. The molecule has 1 aliphatic carbocycles. The Morgan fingerprint density at radius 2 is 1.91 bits per heavy atom. The van der Waals surface area contributed by atoms with E-state index in [4.69, 9.17) is 9.05 Å². The highest BCUT2D eigenvalue weighted by Gasteiger charge is 2.26. The summed E-state index contributed by atoms with van der Waals surface area (Å²) >= 11 is 0. The van der Waals surface area contributed by atoms with Gasteiger partial charge in [0, 0.05) is 0 Å². The van der Waals surface area contributed by atoms with Crippen LogP contribution in [0.25, 0.3) is 0 Å². The van der Waals surface area contributed by atoms with Crippen LogP contribution in [0.3, 0.4) is 0 Å². The van der Waals surface area contributed by atoms with Crippen LogP contribution in [0.4, 0.5) is 0 Å². The third-order valence-electron chi connectivity index (χ3n) is 4.11. The molecule has 0 atom stereocenters. The molecule has 23 heavy (non-hydrogen) atoms.